The fourth-order valence-corrected chi connectivity index (χ4v) is 6.32. The van der Waals surface area contributed by atoms with Crippen molar-refractivity contribution in [3.8, 4) is 17.1 Å². The van der Waals surface area contributed by atoms with Gasteiger partial charge in [0.2, 0.25) is 5.95 Å². The summed E-state index contributed by atoms with van der Waals surface area (Å²) in [6.45, 7) is 2.89. The van der Waals surface area contributed by atoms with Crippen LogP contribution in [0.15, 0.2) is 48.8 Å². The number of pyridine rings is 1. The van der Waals surface area contributed by atoms with Crippen LogP contribution < -0.4 is 10.2 Å². The lowest BCUT2D eigenvalue weighted by Crippen LogP contribution is -2.51. The van der Waals surface area contributed by atoms with Crippen molar-refractivity contribution in [2.75, 3.05) is 51.2 Å². The van der Waals surface area contributed by atoms with E-state index in [1.165, 1.54) is 17.2 Å². The molecule has 15 nitrogen and oxygen atoms in total. The van der Waals surface area contributed by atoms with E-state index >= 15 is 4.39 Å². The minimum Gasteiger partial charge on any atom is -0.359 e. The van der Waals surface area contributed by atoms with E-state index in [0.29, 0.717) is 31.6 Å². The van der Waals surface area contributed by atoms with Crippen molar-refractivity contribution >= 4 is 34.4 Å². The average Bonchev–Trinajstić information content (AvgIpc) is 3.92. The third-order valence-corrected chi connectivity index (χ3v) is 8.90. The molecule has 0 spiro atoms. The monoisotopic (exact) mass is 640 g/mol. The number of ketones is 1. The Morgan fingerprint density at radius 1 is 1.09 bits per heavy atom. The van der Waals surface area contributed by atoms with Crippen LogP contribution in [0.4, 0.5) is 10.3 Å². The first kappa shape index (κ1) is 30.2. The Morgan fingerprint density at radius 3 is 2.66 bits per heavy atom. The predicted octanol–water partition coefficient (Wildman–Crippen LogP) is 1.81. The normalized spacial score (nSPS) is 17.0. The number of hydrogen-bond donors (Lipinski definition) is 3. The van der Waals surface area contributed by atoms with Crippen LogP contribution in [0.5, 0.6) is 0 Å². The molecule has 1 aromatic carbocycles. The zero-order chi connectivity index (χ0) is 32.5. The van der Waals surface area contributed by atoms with Crippen LogP contribution in [0.2, 0.25) is 0 Å². The molecule has 242 valence electrons. The smallest absolute Gasteiger partial charge is 0.295 e. The Labute approximate surface area is 268 Å². The van der Waals surface area contributed by atoms with Crippen LogP contribution in [-0.4, -0.2) is 120 Å². The Hall–Kier alpha value is -5.51. The Bertz CT molecular complexity index is 1930. The number of H-pyrrole nitrogens is 2. The number of carbonyl (C=O) groups is 3. The molecule has 0 bridgehead atoms. The van der Waals surface area contributed by atoms with Gasteiger partial charge in [-0.15, -0.1) is 0 Å². The largest absolute Gasteiger partial charge is 0.359 e. The molecule has 0 saturated carbocycles. The molecule has 6 heterocycles. The van der Waals surface area contributed by atoms with Crippen molar-refractivity contribution in [2.45, 2.75) is 25.3 Å². The molecular formula is C31H33FN12O3. The second kappa shape index (κ2) is 12.7. The van der Waals surface area contributed by atoms with Crippen LogP contribution in [0, 0.1) is 5.82 Å². The second-order valence-electron chi connectivity index (χ2n) is 11.7. The number of aromatic nitrogens is 8. The molecule has 5 aromatic rings. The summed E-state index contributed by atoms with van der Waals surface area (Å²) in [7, 11) is 2.09. The number of halogens is 1. The molecule has 3 N–H and O–H groups in total. The molecule has 7 rings (SSSR count). The molecule has 1 unspecified atom stereocenters. The van der Waals surface area contributed by atoms with E-state index in [0.717, 1.165) is 37.7 Å². The molecule has 0 aliphatic carbocycles. The van der Waals surface area contributed by atoms with Crippen LogP contribution >= 0.6 is 0 Å². The molecule has 2 fully saturated rings. The Kier molecular flexibility index (Phi) is 8.15. The summed E-state index contributed by atoms with van der Waals surface area (Å²) >= 11 is 0. The molecule has 2 aliphatic rings. The summed E-state index contributed by atoms with van der Waals surface area (Å²) in [5.74, 6) is -2.13. The zero-order valence-electron chi connectivity index (χ0n) is 25.7. The van der Waals surface area contributed by atoms with Crippen LogP contribution in [-0.2, 0) is 4.79 Å². The summed E-state index contributed by atoms with van der Waals surface area (Å²) in [6.07, 6.45) is 5.42. The maximum atomic E-state index is 15.2. The Morgan fingerprint density at radius 2 is 1.89 bits per heavy atom. The molecular weight excluding hydrogens is 607 g/mol. The first-order valence-electron chi connectivity index (χ1n) is 15.5. The second-order valence-corrected chi connectivity index (χ2v) is 11.7. The number of carbonyl (C=O) groups excluding carboxylic acids is 3. The number of anilines is 1. The van der Waals surface area contributed by atoms with Gasteiger partial charge in [-0.25, -0.2) is 9.37 Å². The number of nitrogens with zero attached hydrogens (tertiary/aromatic N) is 9. The van der Waals surface area contributed by atoms with E-state index in [4.69, 9.17) is 0 Å². The number of Topliss-reactive ketones (excluding diaryl/α,β-unsaturated/α-hetero) is 1. The summed E-state index contributed by atoms with van der Waals surface area (Å²) in [6, 6.07) is 11.4. The fourth-order valence-electron chi connectivity index (χ4n) is 6.32. The lowest BCUT2D eigenvalue weighted by atomic mass is 10.1. The van der Waals surface area contributed by atoms with Crippen LogP contribution in [0.25, 0.3) is 28.0 Å². The van der Waals surface area contributed by atoms with E-state index in [2.05, 4.69) is 53.0 Å². The van der Waals surface area contributed by atoms with E-state index in [9.17, 15) is 14.4 Å². The van der Waals surface area contributed by atoms with Gasteiger partial charge in [0, 0.05) is 45.0 Å². The van der Waals surface area contributed by atoms with Gasteiger partial charge in [-0.2, -0.15) is 9.78 Å². The summed E-state index contributed by atoms with van der Waals surface area (Å²) < 4.78 is 16.8. The highest BCUT2D eigenvalue weighted by Gasteiger charge is 2.31. The summed E-state index contributed by atoms with van der Waals surface area (Å²) in [5.41, 5.74) is 1.65. The van der Waals surface area contributed by atoms with E-state index in [1.807, 2.05) is 35.2 Å². The van der Waals surface area contributed by atoms with Crippen molar-refractivity contribution in [3.05, 3.63) is 65.9 Å². The number of rotatable bonds is 9. The average molecular weight is 641 g/mol. The number of likely N-dealkylation sites (tertiary alicyclic amines) is 1. The van der Waals surface area contributed by atoms with Crippen molar-refractivity contribution in [1.82, 2.24) is 55.5 Å². The van der Waals surface area contributed by atoms with Crippen molar-refractivity contribution < 1.29 is 18.8 Å². The van der Waals surface area contributed by atoms with Gasteiger partial charge in [-0.3, -0.25) is 19.5 Å². The number of piperazine rings is 1. The molecule has 47 heavy (non-hydrogen) atoms. The molecule has 2 aliphatic heterocycles. The van der Waals surface area contributed by atoms with E-state index in [1.54, 1.807) is 4.68 Å². The van der Waals surface area contributed by atoms with Gasteiger partial charge in [-0.1, -0.05) is 23.3 Å². The lowest BCUT2D eigenvalue weighted by molar-refractivity contribution is -0.126. The van der Waals surface area contributed by atoms with Gasteiger partial charge in [0.25, 0.3) is 17.6 Å². The number of para-hydroxylation sites is 1. The number of benzene rings is 1. The highest BCUT2D eigenvalue weighted by molar-refractivity contribution is 6.45. The molecule has 4 aromatic heterocycles. The van der Waals surface area contributed by atoms with Crippen molar-refractivity contribution in [3.63, 3.8) is 0 Å². The quantitative estimate of drug-likeness (QED) is 0.159. The highest BCUT2D eigenvalue weighted by atomic mass is 19.1. The number of fused-ring (bicyclic) bond motifs is 1. The van der Waals surface area contributed by atoms with Gasteiger partial charge in [0.1, 0.15) is 17.1 Å². The third kappa shape index (κ3) is 5.82. The highest BCUT2D eigenvalue weighted by Crippen LogP contribution is 2.30. The number of aromatic amines is 2. The van der Waals surface area contributed by atoms with Crippen LogP contribution in [0.3, 0.4) is 0 Å². The van der Waals surface area contributed by atoms with Crippen LogP contribution in [0.1, 0.15) is 40.1 Å². The SMILES string of the molecule is CN1CCCC1CCNC(=O)c1cc(-c2ncc(F)c3c(C(=O)C(=O)N4CCN(c5nnnn5-c5ccccc5)CC4)c[nH]c23)n[nH]1. The van der Waals surface area contributed by atoms with Gasteiger partial charge in [0.05, 0.1) is 28.4 Å². The minimum atomic E-state index is -0.843. The fraction of sp³-hybridized carbons (Fsp3) is 0.355. The lowest BCUT2D eigenvalue weighted by Gasteiger charge is -2.34. The summed E-state index contributed by atoms with van der Waals surface area (Å²) in [5, 5.41) is 21.8. The molecule has 2 saturated heterocycles. The van der Waals surface area contributed by atoms with Crippen molar-refractivity contribution in [1.29, 1.82) is 0 Å². The van der Waals surface area contributed by atoms with Gasteiger partial charge in [-0.05, 0) is 61.5 Å². The third-order valence-electron chi connectivity index (χ3n) is 8.90. The van der Waals surface area contributed by atoms with Gasteiger partial charge >= 0.3 is 0 Å². The summed E-state index contributed by atoms with van der Waals surface area (Å²) in [4.78, 5) is 52.3. The number of hydrogen-bond acceptors (Lipinski definition) is 10. The molecule has 0 radical (unpaired) electrons. The molecule has 16 heteroatoms. The number of amides is 2. The standard InChI is InChI=1S/C31H33FN12O3/c1-41-11-5-8-19(41)9-10-33-29(46)24-16-23(36-37-24)26-27-25(22(32)18-35-26)21(17-34-27)28(45)30(47)42-12-14-43(15-13-42)31-38-39-40-44(31)20-6-3-2-4-7-20/h2-4,6-7,16-19,34H,5,8-15H2,1H3,(H,33,46)(H,36,37). The molecule has 1 atom stereocenters. The molecule has 2 amide bonds. The van der Waals surface area contributed by atoms with Crippen molar-refractivity contribution in [2.24, 2.45) is 0 Å². The zero-order valence-corrected chi connectivity index (χ0v) is 25.7. The topological polar surface area (TPSA) is 174 Å². The Balaban J connectivity index is 1.03. The number of tetrazole rings is 1. The van der Waals surface area contributed by atoms with E-state index in [-0.39, 0.29) is 52.5 Å². The number of nitrogens with one attached hydrogen (secondary N) is 3. The first-order valence-corrected chi connectivity index (χ1v) is 15.5. The minimum absolute atomic E-state index is 0.0660. The first-order chi connectivity index (χ1) is 22.9. The van der Waals surface area contributed by atoms with Gasteiger partial charge in [0.15, 0.2) is 5.82 Å². The maximum absolute atomic E-state index is 15.2. The van der Waals surface area contributed by atoms with E-state index < -0.39 is 17.5 Å². The maximum Gasteiger partial charge on any atom is 0.295 e. The van der Waals surface area contributed by atoms with Gasteiger partial charge < -0.3 is 25.0 Å². The predicted molar refractivity (Wildman–Crippen MR) is 169 cm³/mol.